The minimum Gasteiger partial charge on any atom is -0.481 e. The fraction of sp³-hybridized carbons (Fsp3) is 0.600. The van der Waals surface area contributed by atoms with Gasteiger partial charge in [0.05, 0.1) is 0 Å². The Morgan fingerprint density at radius 3 is 2.47 bits per heavy atom. The molecule has 0 heterocycles. The van der Waals surface area contributed by atoms with Crippen LogP contribution in [-0.4, -0.2) is 30.2 Å². The number of nitrogens with one attached hydrogen (secondary N) is 1. The maximum atomic E-state index is 11.9. The minimum absolute atomic E-state index is 0.0828. The number of unbranched alkanes of at least 4 members (excludes halogenated alkanes) is 2. The van der Waals surface area contributed by atoms with Crippen LogP contribution in [-0.2, 0) is 9.59 Å². The first-order chi connectivity index (χ1) is 7.07. The second-order valence-electron chi connectivity index (χ2n) is 3.20. The highest BCUT2D eigenvalue weighted by molar-refractivity contribution is 5.92. The fourth-order valence-electron chi connectivity index (χ4n) is 0.966. The second kappa shape index (κ2) is 7.96. The number of carboxylic acids is 1. The van der Waals surface area contributed by atoms with Crippen molar-refractivity contribution in [3.8, 4) is 0 Å². The molecule has 0 rings (SSSR count). The molecule has 0 fully saturated rings. The molecule has 0 aromatic carbocycles. The van der Waals surface area contributed by atoms with Gasteiger partial charge < -0.3 is 10.4 Å². The Hall–Kier alpha value is -1.39. The van der Waals surface area contributed by atoms with Crippen LogP contribution in [0.4, 0.5) is 4.39 Å². The first kappa shape index (κ1) is 13.6. The van der Waals surface area contributed by atoms with E-state index in [0.717, 1.165) is 6.42 Å². The van der Waals surface area contributed by atoms with Gasteiger partial charge in [-0.2, -0.15) is 0 Å². The topological polar surface area (TPSA) is 66.4 Å². The summed E-state index contributed by atoms with van der Waals surface area (Å²) >= 11 is 0. The van der Waals surface area contributed by atoms with E-state index in [1.54, 1.807) is 0 Å². The molecule has 0 atom stereocenters. The lowest BCUT2D eigenvalue weighted by Gasteiger charge is -2.04. The van der Waals surface area contributed by atoms with Gasteiger partial charge in [-0.1, -0.05) is 13.0 Å². The number of carboxylic acid groups (broad SMARTS) is 1. The molecule has 0 aliphatic carbocycles. The van der Waals surface area contributed by atoms with Gasteiger partial charge in [0.15, 0.2) is 0 Å². The van der Waals surface area contributed by atoms with E-state index in [1.165, 1.54) is 0 Å². The van der Waals surface area contributed by atoms with Gasteiger partial charge in [-0.15, -0.1) is 0 Å². The Morgan fingerprint density at radius 1 is 1.27 bits per heavy atom. The third-order valence-electron chi connectivity index (χ3n) is 1.84. The highest BCUT2D eigenvalue weighted by Gasteiger charge is 2.04. The average Bonchev–Trinajstić information content (AvgIpc) is 2.21. The Balaban J connectivity index is 3.35. The van der Waals surface area contributed by atoms with Crippen molar-refractivity contribution in [2.75, 3.05) is 13.2 Å². The third-order valence-corrected chi connectivity index (χ3v) is 1.84. The quantitative estimate of drug-likeness (QED) is 0.475. The molecule has 0 aromatic rings. The second-order valence-corrected chi connectivity index (χ2v) is 3.20. The number of rotatable bonds is 8. The smallest absolute Gasteiger partial charge is 0.303 e. The van der Waals surface area contributed by atoms with Crippen molar-refractivity contribution >= 4 is 11.9 Å². The van der Waals surface area contributed by atoms with Gasteiger partial charge in [-0.25, -0.2) is 4.39 Å². The third kappa shape index (κ3) is 7.66. The Kier molecular flexibility index (Phi) is 7.23. The summed E-state index contributed by atoms with van der Waals surface area (Å²) in [5.74, 6) is -1.29. The summed E-state index contributed by atoms with van der Waals surface area (Å²) in [6.07, 6.45) is 2.16. The first-order valence-corrected chi connectivity index (χ1v) is 4.81. The van der Waals surface area contributed by atoms with Crippen molar-refractivity contribution < 1.29 is 19.1 Å². The van der Waals surface area contributed by atoms with Gasteiger partial charge in [0, 0.05) is 18.5 Å². The Labute approximate surface area is 88.2 Å². The molecule has 0 aliphatic heterocycles. The monoisotopic (exact) mass is 217 g/mol. The van der Waals surface area contributed by atoms with Crippen LogP contribution in [0.25, 0.3) is 0 Å². The molecule has 0 aromatic heterocycles. The predicted octanol–water partition coefficient (Wildman–Crippen LogP) is 1.27. The predicted molar refractivity (Wildman–Crippen MR) is 54.2 cm³/mol. The molecule has 0 bridgehead atoms. The standard InChI is InChI=1S/C10H16FNO3/c1-8(7-11)10(15)12-6-4-2-3-5-9(13)14/h1-7H2,(H,12,15)(H,13,14). The fourth-order valence-corrected chi connectivity index (χ4v) is 0.966. The van der Waals surface area contributed by atoms with Crippen molar-refractivity contribution in [3.63, 3.8) is 0 Å². The van der Waals surface area contributed by atoms with Crippen molar-refractivity contribution in [1.29, 1.82) is 0 Å². The van der Waals surface area contributed by atoms with E-state index in [9.17, 15) is 14.0 Å². The molecule has 0 saturated heterocycles. The molecule has 0 saturated carbocycles. The average molecular weight is 217 g/mol. The van der Waals surface area contributed by atoms with Crippen molar-refractivity contribution in [2.24, 2.45) is 0 Å². The van der Waals surface area contributed by atoms with E-state index in [0.29, 0.717) is 19.4 Å². The number of carbonyl (C=O) groups excluding carboxylic acids is 1. The number of aliphatic carboxylic acids is 1. The number of halogens is 1. The maximum Gasteiger partial charge on any atom is 0.303 e. The van der Waals surface area contributed by atoms with Crippen LogP contribution in [0.1, 0.15) is 25.7 Å². The summed E-state index contributed by atoms with van der Waals surface area (Å²) < 4.78 is 11.9. The van der Waals surface area contributed by atoms with Gasteiger partial charge in [0.25, 0.3) is 0 Å². The number of carbonyl (C=O) groups is 2. The number of hydrogen-bond acceptors (Lipinski definition) is 2. The highest BCUT2D eigenvalue weighted by atomic mass is 19.1. The molecule has 2 N–H and O–H groups in total. The van der Waals surface area contributed by atoms with Crippen molar-refractivity contribution in [3.05, 3.63) is 12.2 Å². The van der Waals surface area contributed by atoms with Crippen LogP contribution < -0.4 is 5.32 Å². The summed E-state index contributed by atoms with van der Waals surface area (Å²) in [7, 11) is 0. The van der Waals surface area contributed by atoms with Gasteiger partial charge in [0.1, 0.15) is 6.67 Å². The zero-order chi connectivity index (χ0) is 11.7. The van der Waals surface area contributed by atoms with Gasteiger partial charge in [0.2, 0.25) is 5.91 Å². The van der Waals surface area contributed by atoms with Gasteiger partial charge in [-0.05, 0) is 12.8 Å². The SMILES string of the molecule is C=C(CF)C(=O)NCCCCCC(=O)O. The summed E-state index contributed by atoms with van der Waals surface area (Å²) in [4.78, 5) is 21.1. The molecule has 15 heavy (non-hydrogen) atoms. The maximum absolute atomic E-state index is 11.9. The first-order valence-electron chi connectivity index (χ1n) is 4.81. The van der Waals surface area contributed by atoms with Crippen LogP contribution in [0.15, 0.2) is 12.2 Å². The molecule has 0 spiro atoms. The lowest BCUT2D eigenvalue weighted by molar-refractivity contribution is -0.137. The summed E-state index contributed by atoms with van der Waals surface area (Å²) in [6.45, 7) is 2.83. The van der Waals surface area contributed by atoms with Gasteiger partial charge in [-0.3, -0.25) is 9.59 Å². The van der Waals surface area contributed by atoms with E-state index in [-0.39, 0.29) is 12.0 Å². The summed E-state index contributed by atoms with van der Waals surface area (Å²) in [5, 5.41) is 10.8. The zero-order valence-electron chi connectivity index (χ0n) is 8.59. The molecule has 4 nitrogen and oxygen atoms in total. The van der Waals surface area contributed by atoms with E-state index in [1.807, 2.05) is 0 Å². The van der Waals surface area contributed by atoms with E-state index >= 15 is 0 Å². The molecular formula is C10H16FNO3. The van der Waals surface area contributed by atoms with E-state index in [2.05, 4.69) is 11.9 Å². The van der Waals surface area contributed by atoms with Gasteiger partial charge >= 0.3 is 5.97 Å². The normalized spacial score (nSPS) is 9.67. The van der Waals surface area contributed by atoms with Crippen LogP contribution in [0.2, 0.25) is 0 Å². The number of alkyl halides is 1. The number of hydrogen-bond donors (Lipinski definition) is 2. The van der Waals surface area contributed by atoms with Crippen molar-refractivity contribution in [1.82, 2.24) is 5.32 Å². The van der Waals surface area contributed by atoms with Crippen LogP contribution in [0.3, 0.4) is 0 Å². The molecule has 1 amide bonds. The Bertz CT molecular complexity index is 241. The molecule has 86 valence electrons. The Morgan fingerprint density at radius 2 is 1.93 bits per heavy atom. The van der Waals surface area contributed by atoms with E-state index in [4.69, 9.17) is 5.11 Å². The van der Waals surface area contributed by atoms with E-state index < -0.39 is 18.6 Å². The zero-order valence-corrected chi connectivity index (χ0v) is 8.59. The molecular weight excluding hydrogens is 201 g/mol. The minimum atomic E-state index is -0.842. The summed E-state index contributed by atoms with van der Waals surface area (Å²) in [6, 6.07) is 0. The molecule has 5 heteroatoms. The van der Waals surface area contributed by atoms with Crippen LogP contribution in [0.5, 0.6) is 0 Å². The van der Waals surface area contributed by atoms with Crippen molar-refractivity contribution in [2.45, 2.75) is 25.7 Å². The number of amides is 1. The summed E-state index contributed by atoms with van der Waals surface area (Å²) in [5.41, 5.74) is -0.0828. The van der Waals surface area contributed by atoms with Crippen LogP contribution in [0, 0.1) is 0 Å². The lowest BCUT2D eigenvalue weighted by atomic mass is 10.2. The molecule has 0 aliphatic rings. The van der Waals surface area contributed by atoms with Crippen LogP contribution >= 0.6 is 0 Å². The molecule has 0 radical (unpaired) electrons. The molecule has 0 unspecified atom stereocenters. The largest absolute Gasteiger partial charge is 0.481 e. The lowest BCUT2D eigenvalue weighted by Crippen LogP contribution is -2.26. The highest BCUT2D eigenvalue weighted by Crippen LogP contribution is 1.99.